The van der Waals surface area contributed by atoms with Gasteiger partial charge in [-0.3, -0.25) is 4.79 Å². The number of hydrogen-bond acceptors (Lipinski definition) is 2. The van der Waals surface area contributed by atoms with E-state index in [1.54, 1.807) is 0 Å². The first kappa shape index (κ1) is 7.54. The molecule has 58 valence electrons. The molecule has 1 atom stereocenters. The third kappa shape index (κ3) is 1.99. The summed E-state index contributed by atoms with van der Waals surface area (Å²) < 4.78 is 4.72. The maximum Gasteiger partial charge on any atom is 0.224 e. The van der Waals surface area contributed by atoms with E-state index in [2.05, 4.69) is 5.32 Å². The fraction of sp³-hybridized carbons (Fsp3) is 0.857. The van der Waals surface area contributed by atoms with E-state index in [1.165, 1.54) is 6.42 Å². The second-order valence-corrected chi connectivity index (χ2v) is 2.61. The summed E-state index contributed by atoms with van der Waals surface area (Å²) in [5, 5.41) is 2.62. The Morgan fingerprint density at radius 1 is 1.60 bits per heavy atom. The number of ether oxygens (including phenoxy) is 1. The van der Waals surface area contributed by atoms with E-state index in [-0.39, 0.29) is 11.8 Å². The molecule has 2 rings (SSSR count). The van der Waals surface area contributed by atoms with E-state index >= 15 is 0 Å². The molecule has 0 spiro atoms. The molecule has 2 fully saturated rings. The zero-order valence-electron chi connectivity index (χ0n) is 6.22. The lowest BCUT2D eigenvalue weighted by Gasteiger charge is -2.20. The monoisotopic (exact) mass is 143 g/mol. The molecule has 2 aliphatic heterocycles. The molecule has 0 aliphatic carbocycles. The minimum atomic E-state index is 0.190. The fourth-order valence-corrected chi connectivity index (χ4v) is 0.534. The Morgan fingerprint density at radius 2 is 2.00 bits per heavy atom. The molecule has 3 heteroatoms. The van der Waals surface area contributed by atoms with E-state index in [9.17, 15) is 4.79 Å². The third-order valence-corrected chi connectivity index (χ3v) is 1.61. The average molecular weight is 143 g/mol. The van der Waals surface area contributed by atoms with Crippen LogP contribution in [0.2, 0.25) is 0 Å². The molecule has 0 radical (unpaired) electrons. The molecule has 1 N–H and O–H groups in total. The Balaban J connectivity index is 0.000000108. The molecule has 0 aromatic carbocycles. The molecular weight excluding hydrogens is 130 g/mol. The van der Waals surface area contributed by atoms with Gasteiger partial charge in [-0.15, -0.1) is 0 Å². The Bertz CT molecular complexity index is 117. The van der Waals surface area contributed by atoms with Crippen LogP contribution in [0.15, 0.2) is 0 Å². The summed E-state index contributed by atoms with van der Waals surface area (Å²) >= 11 is 0. The van der Waals surface area contributed by atoms with Crippen LogP contribution in [0.25, 0.3) is 0 Å². The number of hydrogen-bond donors (Lipinski definition) is 1. The van der Waals surface area contributed by atoms with Crippen molar-refractivity contribution in [3.8, 4) is 0 Å². The first-order chi connectivity index (χ1) is 4.80. The molecule has 2 aliphatic rings. The lowest BCUT2D eigenvalue weighted by molar-refractivity contribution is -0.130. The third-order valence-electron chi connectivity index (χ3n) is 1.61. The highest BCUT2D eigenvalue weighted by atomic mass is 16.5. The van der Waals surface area contributed by atoms with Gasteiger partial charge in [0.2, 0.25) is 5.91 Å². The van der Waals surface area contributed by atoms with Crippen molar-refractivity contribution in [1.29, 1.82) is 0 Å². The molecular formula is C7H13NO2. The summed E-state index contributed by atoms with van der Waals surface area (Å²) in [5.74, 6) is 0.472. The molecule has 2 heterocycles. The van der Waals surface area contributed by atoms with Crippen LogP contribution in [-0.4, -0.2) is 25.7 Å². The van der Waals surface area contributed by atoms with Gasteiger partial charge in [-0.05, 0) is 6.42 Å². The van der Waals surface area contributed by atoms with Gasteiger partial charge in [-0.2, -0.15) is 0 Å². The van der Waals surface area contributed by atoms with E-state index in [0.29, 0.717) is 0 Å². The molecule has 0 saturated carbocycles. The van der Waals surface area contributed by atoms with E-state index in [4.69, 9.17) is 4.74 Å². The fourth-order valence-electron chi connectivity index (χ4n) is 0.534. The van der Waals surface area contributed by atoms with Crippen molar-refractivity contribution in [3.63, 3.8) is 0 Å². The van der Waals surface area contributed by atoms with Crippen LogP contribution in [0.5, 0.6) is 0 Å². The maximum absolute atomic E-state index is 10.1. The number of rotatable bonds is 0. The van der Waals surface area contributed by atoms with Gasteiger partial charge in [0.05, 0.1) is 5.92 Å². The standard InChI is InChI=1S/C4H7NO.C3H6O/c1-3-2-5-4(3)6;1-2-4-3-1/h3H,2H2,1H3,(H,5,6);1-3H2/t3-;/m0./s1. The molecule has 10 heavy (non-hydrogen) atoms. The topological polar surface area (TPSA) is 38.3 Å². The summed E-state index contributed by atoms with van der Waals surface area (Å²) in [4.78, 5) is 10.1. The summed E-state index contributed by atoms with van der Waals surface area (Å²) in [6.07, 6.45) is 1.28. The quantitative estimate of drug-likeness (QED) is 0.490. The van der Waals surface area contributed by atoms with E-state index in [0.717, 1.165) is 19.8 Å². The van der Waals surface area contributed by atoms with Crippen LogP contribution in [0, 0.1) is 5.92 Å². The van der Waals surface area contributed by atoms with Crippen molar-refractivity contribution in [2.24, 2.45) is 5.92 Å². The highest BCUT2D eigenvalue weighted by Gasteiger charge is 2.20. The van der Waals surface area contributed by atoms with Gasteiger partial charge >= 0.3 is 0 Å². The van der Waals surface area contributed by atoms with E-state index in [1.807, 2.05) is 6.92 Å². The number of nitrogens with one attached hydrogen (secondary N) is 1. The van der Waals surface area contributed by atoms with Gasteiger partial charge in [-0.25, -0.2) is 0 Å². The van der Waals surface area contributed by atoms with E-state index < -0.39 is 0 Å². The summed E-state index contributed by atoms with van der Waals surface area (Å²) in [6.45, 7) is 4.79. The van der Waals surface area contributed by atoms with Crippen molar-refractivity contribution in [3.05, 3.63) is 0 Å². The van der Waals surface area contributed by atoms with Gasteiger partial charge in [-0.1, -0.05) is 6.92 Å². The van der Waals surface area contributed by atoms with Crippen molar-refractivity contribution >= 4 is 5.91 Å². The molecule has 0 bridgehead atoms. The molecule has 2 saturated heterocycles. The SMILES string of the molecule is C1COC1.C[C@H]1CNC1=O. The zero-order chi connectivity index (χ0) is 7.40. The highest BCUT2D eigenvalue weighted by Crippen LogP contribution is 2.00. The average Bonchev–Trinajstić information content (AvgIpc) is 1.80. The van der Waals surface area contributed by atoms with Crippen molar-refractivity contribution < 1.29 is 9.53 Å². The minimum absolute atomic E-state index is 0.190. The van der Waals surface area contributed by atoms with Gasteiger partial charge in [0.25, 0.3) is 0 Å². The predicted octanol–water partition coefficient (Wildman–Crippen LogP) is 0.159. The minimum Gasteiger partial charge on any atom is -0.381 e. The van der Waals surface area contributed by atoms with Crippen LogP contribution < -0.4 is 5.32 Å². The van der Waals surface area contributed by atoms with Gasteiger partial charge in [0.15, 0.2) is 0 Å². The Hall–Kier alpha value is -0.570. The molecule has 1 amide bonds. The zero-order valence-corrected chi connectivity index (χ0v) is 6.22. The summed E-state index contributed by atoms with van der Waals surface area (Å²) in [6, 6.07) is 0. The first-order valence-electron chi connectivity index (χ1n) is 3.66. The Labute approximate surface area is 60.7 Å². The molecule has 0 unspecified atom stereocenters. The van der Waals surface area contributed by atoms with Crippen molar-refractivity contribution in [2.75, 3.05) is 19.8 Å². The second kappa shape index (κ2) is 3.56. The molecule has 0 aromatic rings. The van der Waals surface area contributed by atoms with Gasteiger partial charge < -0.3 is 10.1 Å². The van der Waals surface area contributed by atoms with Crippen molar-refractivity contribution in [1.82, 2.24) is 5.32 Å². The number of amides is 1. The maximum atomic E-state index is 10.1. The first-order valence-corrected chi connectivity index (χ1v) is 3.66. The van der Waals surface area contributed by atoms with Gasteiger partial charge in [0, 0.05) is 19.8 Å². The second-order valence-electron chi connectivity index (χ2n) is 2.61. The van der Waals surface area contributed by atoms with Crippen molar-refractivity contribution in [2.45, 2.75) is 13.3 Å². The van der Waals surface area contributed by atoms with Crippen LogP contribution >= 0.6 is 0 Å². The van der Waals surface area contributed by atoms with Crippen LogP contribution in [-0.2, 0) is 9.53 Å². The Morgan fingerprint density at radius 3 is 2.00 bits per heavy atom. The lowest BCUT2D eigenvalue weighted by atomic mass is 10.1. The highest BCUT2D eigenvalue weighted by molar-refractivity contribution is 5.83. The normalized spacial score (nSPS) is 28.5. The predicted molar refractivity (Wildman–Crippen MR) is 37.6 cm³/mol. The van der Waals surface area contributed by atoms with Crippen LogP contribution in [0.1, 0.15) is 13.3 Å². The summed E-state index contributed by atoms with van der Waals surface area (Å²) in [7, 11) is 0. The smallest absolute Gasteiger partial charge is 0.224 e. The number of carbonyl (C=O) groups excluding carboxylic acids is 1. The van der Waals surface area contributed by atoms with Crippen LogP contribution in [0.3, 0.4) is 0 Å². The largest absolute Gasteiger partial charge is 0.381 e. The van der Waals surface area contributed by atoms with Gasteiger partial charge in [0.1, 0.15) is 0 Å². The van der Waals surface area contributed by atoms with Crippen LogP contribution in [0.4, 0.5) is 0 Å². The number of carbonyl (C=O) groups is 1. The molecule has 3 nitrogen and oxygen atoms in total. The Kier molecular flexibility index (Phi) is 2.68. The number of β-lactam (4-membered cyclic amide) rings is 1. The summed E-state index contributed by atoms with van der Waals surface area (Å²) in [5.41, 5.74) is 0. The lowest BCUT2D eigenvalue weighted by Crippen LogP contribution is -2.46. The molecule has 0 aromatic heterocycles.